The molecule has 2 amide bonds. The molecule has 9 heteroatoms. The highest BCUT2D eigenvalue weighted by atomic mass is 79.9. The molecule has 0 bridgehead atoms. The largest absolute Gasteiger partial charge is 0.496 e. The number of methoxy groups -OCH3 is 1. The lowest BCUT2D eigenvalue weighted by atomic mass is 9.97. The van der Waals surface area contributed by atoms with E-state index in [1.807, 2.05) is 6.07 Å². The molecule has 0 aliphatic heterocycles. The number of benzene rings is 2. The van der Waals surface area contributed by atoms with Gasteiger partial charge in [-0.15, -0.1) is 11.3 Å². The maximum Gasteiger partial charge on any atom is 0.264 e. The van der Waals surface area contributed by atoms with E-state index in [0.717, 1.165) is 9.35 Å². The number of hydrogen-bond donors (Lipinski definition) is 1. The van der Waals surface area contributed by atoms with E-state index < -0.39 is 6.04 Å². The zero-order valence-corrected chi connectivity index (χ0v) is 20.6. The molecule has 0 radical (unpaired) electrons. The quantitative estimate of drug-likeness (QED) is 0.411. The van der Waals surface area contributed by atoms with Crippen LogP contribution in [0.5, 0.6) is 5.75 Å². The predicted octanol–water partition coefficient (Wildman–Crippen LogP) is 5.80. The van der Waals surface area contributed by atoms with Gasteiger partial charge in [-0.3, -0.25) is 9.59 Å². The van der Waals surface area contributed by atoms with Crippen molar-refractivity contribution in [1.82, 2.24) is 10.2 Å². The fraction of sp³-hybridized carbons (Fsp3) is 0.182. The van der Waals surface area contributed by atoms with Gasteiger partial charge in [0.1, 0.15) is 5.75 Å². The van der Waals surface area contributed by atoms with Crippen LogP contribution < -0.4 is 10.1 Å². The SMILES string of the molecule is COc1ccc(Cl)cc1C(NC(=O)CN(C)C(=O)c1ccc(Br)s1)c1cccc(Cl)c1. The van der Waals surface area contributed by atoms with E-state index in [0.29, 0.717) is 26.2 Å². The molecule has 31 heavy (non-hydrogen) atoms. The molecule has 0 spiro atoms. The van der Waals surface area contributed by atoms with Crippen molar-refractivity contribution in [2.45, 2.75) is 6.04 Å². The van der Waals surface area contributed by atoms with Gasteiger partial charge in [-0.25, -0.2) is 0 Å². The Morgan fingerprint density at radius 1 is 1.13 bits per heavy atom. The summed E-state index contributed by atoms with van der Waals surface area (Å²) in [5.41, 5.74) is 1.44. The Kier molecular flexibility index (Phi) is 8.00. The van der Waals surface area contributed by atoms with Gasteiger partial charge in [-0.05, 0) is 64.0 Å². The predicted molar refractivity (Wildman–Crippen MR) is 128 cm³/mol. The number of nitrogens with zero attached hydrogens (tertiary/aromatic N) is 1. The Morgan fingerprint density at radius 2 is 1.87 bits per heavy atom. The second-order valence-corrected chi connectivity index (χ2v) is 10.0. The number of ether oxygens (including phenoxy) is 1. The van der Waals surface area contributed by atoms with Crippen LogP contribution in [0.15, 0.2) is 58.4 Å². The minimum Gasteiger partial charge on any atom is -0.496 e. The molecule has 1 atom stereocenters. The fourth-order valence-electron chi connectivity index (χ4n) is 3.07. The molecular formula is C22H19BrCl2N2O3S. The monoisotopic (exact) mass is 540 g/mol. The van der Waals surface area contributed by atoms with E-state index in [4.69, 9.17) is 27.9 Å². The summed E-state index contributed by atoms with van der Waals surface area (Å²) in [4.78, 5) is 27.4. The zero-order valence-electron chi connectivity index (χ0n) is 16.7. The number of halogens is 3. The number of amides is 2. The van der Waals surface area contributed by atoms with E-state index in [-0.39, 0.29) is 18.4 Å². The molecule has 1 heterocycles. The lowest BCUT2D eigenvalue weighted by Gasteiger charge is -2.24. The maximum absolute atomic E-state index is 12.9. The van der Waals surface area contributed by atoms with Crippen LogP contribution in [-0.4, -0.2) is 37.4 Å². The average Bonchev–Trinajstić information content (AvgIpc) is 3.17. The van der Waals surface area contributed by atoms with Crippen LogP contribution in [0.4, 0.5) is 0 Å². The number of carbonyl (C=O) groups is 2. The first-order valence-corrected chi connectivity index (χ1v) is 11.5. The number of hydrogen-bond acceptors (Lipinski definition) is 4. The number of carbonyl (C=O) groups excluding carboxylic acids is 2. The summed E-state index contributed by atoms with van der Waals surface area (Å²) in [7, 11) is 3.14. The molecule has 5 nitrogen and oxygen atoms in total. The molecular weight excluding hydrogens is 523 g/mol. The van der Waals surface area contributed by atoms with E-state index in [1.165, 1.54) is 16.2 Å². The molecule has 2 aromatic carbocycles. The molecule has 1 unspecified atom stereocenters. The highest BCUT2D eigenvalue weighted by Gasteiger charge is 2.23. The van der Waals surface area contributed by atoms with Gasteiger partial charge in [0.05, 0.1) is 28.4 Å². The fourth-order valence-corrected chi connectivity index (χ4v) is 4.83. The van der Waals surface area contributed by atoms with Crippen molar-refractivity contribution < 1.29 is 14.3 Å². The first kappa shape index (κ1) is 23.6. The second kappa shape index (κ2) is 10.5. The maximum atomic E-state index is 12.9. The summed E-state index contributed by atoms with van der Waals surface area (Å²) in [6.45, 7) is -0.117. The molecule has 0 aliphatic rings. The summed E-state index contributed by atoms with van der Waals surface area (Å²) >= 11 is 17.1. The van der Waals surface area contributed by atoms with Crippen LogP contribution in [0.25, 0.3) is 0 Å². The molecule has 0 saturated heterocycles. The van der Waals surface area contributed by atoms with Crippen molar-refractivity contribution in [1.29, 1.82) is 0 Å². The van der Waals surface area contributed by atoms with Crippen molar-refractivity contribution in [2.75, 3.05) is 20.7 Å². The Labute approximate surface area is 203 Å². The number of nitrogens with one attached hydrogen (secondary N) is 1. The Bertz CT molecular complexity index is 1110. The van der Waals surface area contributed by atoms with Gasteiger partial charge >= 0.3 is 0 Å². The topological polar surface area (TPSA) is 58.6 Å². The Hall–Kier alpha value is -2.06. The standard InChI is InChI=1S/C22H19BrCl2N2O3S/c1-27(22(29)18-8-9-19(23)31-18)12-20(28)26-21(13-4-3-5-14(24)10-13)16-11-15(25)6-7-17(16)30-2/h3-11,21H,12H2,1-2H3,(H,26,28). The van der Waals surface area contributed by atoms with Crippen LogP contribution in [-0.2, 0) is 4.79 Å². The van der Waals surface area contributed by atoms with E-state index in [1.54, 1.807) is 62.7 Å². The van der Waals surface area contributed by atoms with Gasteiger partial charge in [0.25, 0.3) is 5.91 Å². The van der Waals surface area contributed by atoms with Crippen LogP contribution in [0, 0.1) is 0 Å². The van der Waals surface area contributed by atoms with Gasteiger partial charge in [0, 0.05) is 22.7 Å². The molecule has 3 rings (SSSR count). The Balaban J connectivity index is 1.86. The first-order chi connectivity index (χ1) is 14.8. The molecule has 162 valence electrons. The summed E-state index contributed by atoms with van der Waals surface area (Å²) in [6.07, 6.45) is 0. The minimum atomic E-state index is -0.570. The van der Waals surface area contributed by atoms with Crippen molar-refractivity contribution in [3.63, 3.8) is 0 Å². The van der Waals surface area contributed by atoms with E-state index >= 15 is 0 Å². The number of likely N-dealkylation sites (N-methyl/N-ethyl adjacent to an activating group) is 1. The molecule has 0 saturated carbocycles. The average molecular weight is 542 g/mol. The van der Waals surface area contributed by atoms with E-state index in [2.05, 4.69) is 21.2 Å². The third-order valence-electron chi connectivity index (χ3n) is 4.50. The zero-order chi connectivity index (χ0) is 22.5. The lowest BCUT2D eigenvalue weighted by molar-refractivity contribution is -0.122. The van der Waals surface area contributed by atoms with Crippen LogP contribution in [0.3, 0.4) is 0 Å². The third kappa shape index (κ3) is 6.01. The summed E-state index contributed by atoms with van der Waals surface area (Å²) in [5, 5.41) is 4.03. The molecule has 1 aromatic heterocycles. The normalized spacial score (nSPS) is 11.6. The lowest BCUT2D eigenvalue weighted by Crippen LogP contribution is -2.40. The second-order valence-electron chi connectivity index (χ2n) is 6.71. The smallest absolute Gasteiger partial charge is 0.264 e. The minimum absolute atomic E-state index is 0.117. The highest BCUT2D eigenvalue weighted by Crippen LogP contribution is 2.33. The van der Waals surface area contributed by atoms with Crippen molar-refractivity contribution >= 4 is 62.3 Å². The van der Waals surface area contributed by atoms with Gasteiger partial charge in [-0.1, -0.05) is 35.3 Å². The number of thiophene rings is 1. The highest BCUT2D eigenvalue weighted by molar-refractivity contribution is 9.11. The summed E-state index contributed by atoms with van der Waals surface area (Å²) < 4.78 is 6.33. The van der Waals surface area contributed by atoms with Crippen molar-refractivity contribution in [2.24, 2.45) is 0 Å². The summed E-state index contributed by atoms with van der Waals surface area (Å²) in [5.74, 6) is 0.00603. The first-order valence-electron chi connectivity index (χ1n) is 9.17. The van der Waals surface area contributed by atoms with Gasteiger partial charge in [0.2, 0.25) is 5.91 Å². The van der Waals surface area contributed by atoms with Crippen LogP contribution in [0.2, 0.25) is 10.0 Å². The van der Waals surface area contributed by atoms with Crippen LogP contribution >= 0.6 is 50.5 Å². The molecule has 0 fully saturated rings. The molecule has 1 N–H and O–H groups in total. The van der Waals surface area contributed by atoms with Crippen molar-refractivity contribution in [3.05, 3.63) is 84.4 Å². The molecule has 0 aliphatic carbocycles. The third-order valence-corrected chi connectivity index (χ3v) is 6.58. The van der Waals surface area contributed by atoms with Crippen molar-refractivity contribution in [3.8, 4) is 5.75 Å². The van der Waals surface area contributed by atoms with E-state index in [9.17, 15) is 9.59 Å². The Morgan fingerprint density at radius 3 is 2.52 bits per heavy atom. The van der Waals surface area contributed by atoms with Gasteiger partial charge in [-0.2, -0.15) is 0 Å². The van der Waals surface area contributed by atoms with Crippen LogP contribution in [0.1, 0.15) is 26.8 Å². The summed E-state index contributed by atoms with van der Waals surface area (Å²) in [6, 6.07) is 15.3. The van der Waals surface area contributed by atoms with Gasteiger partial charge < -0.3 is 15.0 Å². The molecule has 3 aromatic rings. The van der Waals surface area contributed by atoms with Gasteiger partial charge in [0.15, 0.2) is 0 Å². The number of rotatable bonds is 7.